The smallest absolute Gasteiger partial charge is 0.214 e. The van der Waals surface area contributed by atoms with Crippen molar-refractivity contribution in [3.05, 3.63) is 60.2 Å². The molecule has 3 aromatic rings. The zero-order valence-corrected chi connectivity index (χ0v) is 11.1. The average molecular weight is 249 g/mol. The molecule has 0 radical (unpaired) electrons. The van der Waals surface area contributed by atoms with Gasteiger partial charge < -0.3 is 4.74 Å². The molecule has 0 bridgehead atoms. The minimum absolute atomic E-state index is 0.650. The van der Waals surface area contributed by atoms with E-state index in [1.807, 2.05) is 24.3 Å². The number of methoxy groups -OCH3 is 1. The van der Waals surface area contributed by atoms with E-state index in [9.17, 15) is 0 Å². The fraction of sp³-hybridized carbons (Fsp3) is 0.118. The Morgan fingerprint density at radius 1 is 0.947 bits per heavy atom. The minimum atomic E-state index is 0.650. The molecule has 3 rings (SSSR count). The lowest BCUT2D eigenvalue weighted by Crippen LogP contribution is -1.92. The van der Waals surface area contributed by atoms with Crippen LogP contribution in [0.1, 0.15) is 5.56 Å². The van der Waals surface area contributed by atoms with E-state index in [2.05, 4.69) is 42.2 Å². The maximum atomic E-state index is 5.31. The molecule has 0 spiro atoms. The van der Waals surface area contributed by atoms with Crippen molar-refractivity contribution in [2.24, 2.45) is 0 Å². The van der Waals surface area contributed by atoms with Crippen molar-refractivity contribution >= 4 is 10.8 Å². The first kappa shape index (κ1) is 11.7. The van der Waals surface area contributed by atoms with Gasteiger partial charge in [0, 0.05) is 17.0 Å². The SMILES string of the molecule is COc1cc2cc(C)ccc2c(-c2ccccc2)n1. The lowest BCUT2D eigenvalue weighted by atomic mass is 10.0. The van der Waals surface area contributed by atoms with Crippen molar-refractivity contribution < 1.29 is 4.74 Å². The fourth-order valence-electron chi connectivity index (χ4n) is 2.27. The summed E-state index contributed by atoms with van der Waals surface area (Å²) in [4.78, 5) is 4.60. The van der Waals surface area contributed by atoms with Gasteiger partial charge in [-0.25, -0.2) is 4.98 Å². The van der Waals surface area contributed by atoms with Gasteiger partial charge in [0.2, 0.25) is 5.88 Å². The Labute approximate surface area is 112 Å². The second-order valence-corrected chi connectivity index (χ2v) is 4.60. The fourth-order valence-corrected chi connectivity index (χ4v) is 2.27. The molecule has 2 heteroatoms. The van der Waals surface area contributed by atoms with E-state index in [0.29, 0.717) is 5.88 Å². The number of ether oxygens (including phenoxy) is 1. The van der Waals surface area contributed by atoms with Crippen LogP contribution in [0.4, 0.5) is 0 Å². The molecule has 0 amide bonds. The van der Waals surface area contributed by atoms with E-state index in [4.69, 9.17) is 4.74 Å². The monoisotopic (exact) mass is 249 g/mol. The summed E-state index contributed by atoms with van der Waals surface area (Å²) in [5, 5.41) is 2.31. The third-order valence-corrected chi connectivity index (χ3v) is 3.22. The molecule has 2 nitrogen and oxygen atoms in total. The molecule has 0 unspecified atom stereocenters. The number of aromatic nitrogens is 1. The summed E-state index contributed by atoms with van der Waals surface area (Å²) in [6.07, 6.45) is 0. The third-order valence-electron chi connectivity index (χ3n) is 3.22. The zero-order valence-electron chi connectivity index (χ0n) is 11.1. The highest BCUT2D eigenvalue weighted by molar-refractivity contribution is 5.95. The molecule has 0 atom stereocenters. The van der Waals surface area contributed by atoms with Gasteiger partial charge in [0.25, 0.3) is 0 Å². The van der Waals surface area contributed by atoms with Gasteiger partial charge in [0.15, 0.2) is 0 Å². The third kappa shape index (κ3) is 2.17. The predicted molar refractivity (Wildman–Crippen MR) is 78.5 cm³/mol. The highest BCUT2D eigenvalue weighted by atomic mass is 16.5. The van der Waals surface area contributed by atoms with E-state index in [1.54, 1.807) is 7.11 Å². The number of hydrogen-bond donors (Lipinski definition) is 0. The number of aryl methyl sites for hydroxylation is 1. The molecule has 0 saturated heterocycles. The molecule has 0 N–H and O–H groups in total. The number of pyridine rings is 1. The molecule has 0 aliphatic heterocycles. The quantitative estimate of drug-likeness (QED) is 0.678. The van der Waals surface area contributed by atoms with Gasteiger partial charge in [-0.1, -0.05) is 54.1 Å². The maximum absolute atomic E-state index is 5.31. The van der Waals surface area contributed by atoms with Crippen LogP contribution in [0.3, 0.4) is 0 Å². The molecule has 94 valence electrons. The summed E-state index contributed by atoms with van der Waals surface area (Å²) >= 11 is 0. The van der Waals surface area contributed by atoms with Gasteiger partial charge in [-0.05, 0) is 12.3 Å². The summed E-state index contributed by atoms with van der Waals surface area (Å²) in [5.41, 5.74) is 3.31. The van der Waals surface area contributed by atoms with E-state index >= 15 is 0 Å². The standard InChI is InChI=1S/C17H15NO/c1-12-8-9-15-14(10-12)11-16(19-2)18-17(15)13-6-4-3-5-7-13/h3-11H,1-2H3. The van der Waals surface area contributed by atoms with Gasteiger partial charge in [0.05, 0.1) is 12.8 Å². The Morgan fingerprint density at radius 3 is 2.47 bits per heavy atom. The van der Waals surface area contributed by atoms with Crippen molar-refractivity contribution in [1.29, 1.82) is 0 Å². The molecule has 1 aromatic heterocycles. The van der Waals surface area contributed by atoms with Crippen LogP contribution in [0.15, 0.2) is 54.6 Å². The molecular formula is C17H15NO. The van der Waals surface area contributed by atoms with Gasteiger partial charge in [-0.3, -0.25) is 0 Å². The minimum Gasteiger partial charge on any atom is -0.481 e. The van der Waals surface area contributed by atoms with Crippen molar-refractivity contribution in [2.75, 3.05) is 7.11 Å². The topological polar surface area (TPSA) is 22.1 Å². The van der Waals surface area contributed by atoms with E-state index in [1.165, 1.54) is 5.56 Å². The van der Waals surface area contributed by atoms with Gasteiger partial charge in [-0.15, -0.1) is 0 Å². The number of fused-ring (bicyclic) bond motifs is 1. The highest BCUT2D eigenvalue weighted by Crippen LogP contribution is 2.30. The Kier molecular flexibility index (Phi) is 2.92. The normalized spacial score (nSPS) is 10.6. The molecule has 19 heavy (non-hydrogen) atoms. The van der Waals surface area contributed by atoms with Gasteiger partial charge in [-0.2, -0.15) is 0 Å². The van der Waals surface area contributed by atoms with E-state index in [0.717, 1.165) is 22.0 Å². The maximum Gasteiger partial charge on any atom is 0.214 e. The summed E-state index contributed by atoms with van der Waals surface area (Å²) in [6.45, 7) is 2.09. The van der Waals surface area contributed by atoms with Crippen molar-refractivity contribution in [3.8, 4) is 17.1 Å². The molecule has 0 saturated carbocycles. The van der Waals surface area contributed by atoms with Gasteiger partial charge in [0.1, 0.15) is 0 Å². The first-order chi connectivity index (χ1) is 9.28. The van der Waals surface area contributed by atoms with Crippen LogP contribution >= 0.6 is 0 Å². The highest BCUT2D eigenvalue weighted by Gasteiger charge is 2.08. The Morgan fingerprint density at radius 2 is 1.74 bits per heavy atom. The summed E-state index contributed by atoms with van der Waals surface area (Å²) in [5.74, 6) is 0.650. The molecule has 0 aliphatic carbocycles. The molecule has 0 fully saturated rings. The van der Waals surface area contributed by atoms with Crippen LogP contribution in [0, 0.1) is 6.92 Å². The Hall–Kier alpha value is -2.35. The summed E-state index contributed by atoms with van der Waals surface area (Å²) in [6, 6.07) is 18.6. The number of nitrogens with zero attached hydrogens (tertiary/aromatic N) is 1. The molecular weight excluding hydrogens is 234 g/mol. The lowest BCUT2D eigenvalue weighted by molar-refractivity contribution is 0.399. The molecule has 1 heterocycles. The second kappa shape index (κ2) is 4.73. The van der Waals surface area contributed by atoms with Crippen LogP contribution in [0.25, 0.3) is 22.0 Å². The number of benzene rings is 2. The number of rotatable bonds is 2. The van der Waals surface area contributed by atoms with E-state index < -0.39 is 0 Å². The first-order valence-corrected chi connectivity index (χ1v) is 6.29. The Bertz CT molecular complexity index is 720. The second-order valence-electron chi connectivity index (χ2n) is 4.60. The van der Waals surface area contributed by atoms with Crippen LogP contribution in [-0.4, -0.2) is 12.1 Å². The molecule has 0 aliphatic rings. The van der Waals surface area contributed by atoms with E-state index in [-0.39, 0.29) is 0 Å². The predicted octanol–water partition coefficient (Wildman–Crippen LogP) is 4.22. The van der Waals surface area contributed by atoms with Crippen molar-refractivity contribution in [1.82, 2.24) is 4.98 Å². The van der Waals surface area contributed by atoms with Crippen LogP contribution in [-0.2, 0) is 0 Å². The van der Waals surface area contributed by atoms with Crippen molar-refractivity contribution in [3.63, 3.8) is 0 Å². The molecule has 2 aromatic carbocycles. The van der Waals surface area contributed by atoms with Gasteiger partial charge >= 0.3 is 0 Å². The lowest BCUT2D eigenvalue weighted by Gasteiger charge is -2.09. The zero-order chi connectivity index (χ0) is 13.2. The van der Waals surface area contributed by atoms with Crippen LogP contribution in [0.5, 0.6) is 5.88 Å². The summed E-state index contributed by atoms with van der Waals surface area (Å²) in [7, 11) is 1.65. The Balaban J connectivity index is 2.33. The average Bonchev–Trinajstić information content (AvgIpc) is 2.46. The van der Waals surface area contributed by atoms with Crippen molar-refractivity contribution in [2.45, 2.75) is 6.92 Å². The van der Waals surface area contributed by atoms with Crippen LogP contribution in [0.2, 0.25) is 0 Å². The first-order valence-electron chi connectivity index (χ1n) is 6.29. The largest absolute Gasteiger partial charge is 0.481 e. The summed E-state index contributed by atoms with van der Waals surface area (Å²) < 4.78 is 5.31. The van der Waals surface area contributed by atoms with Crippen LogP contribution < -0.4 is 4.74 Å². The number of hydrogen-bond acceptors (Lipinski definition) is 2.